The van der Waals surface area contributed by atoms with Crippen molar-refractivity contribution in [2.24, 2.45) is 0 Å². The minimum absolute atomic E-state index is 0.0747. The van der Waals surface area contributed by atoms with Crippen LogP contribution in [0.4, 0.5) is 10.1 Å². The lowest BCUT2D eigenvalue weighted by Crippen LogP contribution is -2.04. The first-order valence-corrected chi connectivity index (χ1v) is 8.19. The first kappa shape index (κ1) is 18.0. The summed E-state index contributed by atoms with van der Waals surface area (Å²) >= 11 is 0. The molecule has 3 aromatic rings. The van der Waals surface area contributed by atoms with Gasteiger partial charge in [0.25, 0.3) is 0 Å². The van der Waals surface area contributed by atoms with Gasteiger partial charge in [0.05, 0.1) is 18.2 Å². The van der Waals surface area contributed by atoms with Crippen molar-refractivity contribution < 1.29 is 13.9 Å². The fourth-order valence-corrected chi connectivity index (χ4v) is 2.42. The topological polar surface area (TPSA) is 46.6 Å². The van der Waals surface area contributed by atoms with Gasteiger partial charge in [-0.2, -0.15) is 5.26 Å². The van der Waals surface area contributed by atoms with E-state index in [1.54, 1.807) is 66.7 Å². The molecule has 0 aliphatic rings. The first-order valence-electron chi connectivity index (χ1n) is 8.19. The number of halogens is 1. The zero-order valence-electron chi connectivity index (χ0n) is 14.4. The lowest BCUT2D eigenvalue weighted by atomic mass is 10.1. The van der Waals surface area contributed by atoms with E-state index < -0.39 is 0 Å². The molecule has 0 amide bonds. The third-order valence-electron chi connectivity index (χ3n) is 3.90. The molecular weight excluding hydrogens is 343 g/mol. The molecule has 3 rings (SSSR count). The van der Waals surface area contributed by atoms with Crippen LogP contribution >= 0.6 is 0 Å². The van der Waals surface area contributed by atoms with E-state index in [0.717, 1.165) is 0 Å². The van der Waals surface area contributed by atoms with E-state index in [9.17, 15) is 4.39 Å². The normalized spacial score (nSPS) is 9.89. The van der Waals surface area contributed by atoms with Gasteiger partial charge in [0, 0.05) is 11.1 Å². The molecule has 4 nitrogen and oxygen atoms in total. The van der Waals surface area contributed by atoms with Crippen LogP contribution in [0.15, 0.2) is 66.7 Å². The summed E-state index contributed by atoms with van der Waals surface area (Å²) in [5.74, 6) is 0.764. The second-order valence-electron chi connectivity index (χ2n) is 5.71. The van der Waals surface area contributed by atoms with Crippen LogP contribution < -0.4 is 9.47 Å². The largest absolute Gasteiger partial charge is 0.489 e. The van der Waals surface area contributed by atoms with Gasteiger partial charge in [0.2, 0.25) is 0 Å². The smallest absolute Gasteiger partial charge is 0.187 e. The highest BCUT2D eigenvalue weighted by atomic mass is 19.1. The van der Waals surface area contributed by atoms with Gasteiger partial charge >= 0.3 is 0 Å². The van der Waals surface area contributed by atoms with Crippen LogP contribution in [0, 0.1) is 23.7 Å². The lowest BCUT2D eigenvalue weighted by molar-refractivity contribution is 0.287. The van der Waals surface area contributed by atoms with Gasteiger partial charge in [-0.15, -0.1) is 0 Å². The summed E-state index contributed by atoms with van der Waals surface area (Å²) in [6.07, 6.45) is 0. The Morgan fingerprint density at radius 1 is 0.852 bits per heavy atom. The van der Waals surface area contributed by atoms with Gasteiger partial charge < -0.3 is 9.47 Å². The standard InChI is InChI=1S/C22H15FN2O2/c1-25-19-7-11-21(12-8-19)27-15-18-4-2-3-17(22(18)23)14-26-20-9-5-16(13-24)6-10-20/h2-12H,14-15H2. The molecule has 0 unspecified atom stereocenters. The van der Waals surface area contributed by atoms with Crippen LogP contribution in [0.3, 0.4) is 0 Å². The van der Waals surface area contributed by atoms with Crippen LogP contribution in [-0.4, -0.2) is 0 Å². The van der Waals surface area contributed by atoms with Crippen molar-refractivity contribution in [2.75, 3.05) is 0 Å². The molecule has 0 radical (unpaired) electrons. The third kappa shape index (κ3) is 4.62. The van der Waals surface area contributed by atoms with E-state index in [4.69, 9.17) is 21.3 Å². The fraction of sp³-hybridized carbons (Fsp3) is 0.0909. The van der Waals surface area contributed by atoms with Crippen molar-refractivity contribution in [2.45, 2.75) is 13.2 Å². The highest BCUT2D eigenvalue weighted by Crippen LogP contribution is 2.21. The molecule has 0 aliphatic carbocycles. The van der Waals surface area contributed by atoms with Crippen molar-refractivity contribution >= 4 is 5.69 Å². The van der Waals surface area contributed by atoms with Gasteiger partial charge in [-0.25, -0.2) is 9.24 Å². The van der Waals surface area contributed by atoms with E-state index >= 15 is 0 Å². The maximum Gasteiger partial charge on any atom is 0.187 e. The number of rotatable bonds is 6. The zero-order valence-corrected chi connectivity index (χ0v) is 14.4. The Balaban J connectivity index is 1.64. The van der Waals surface area contributed by atoms with Crippen molar-refractivity contribution in [1.82, 2.24) is 0 Å². The highest BCUT2D eigenvalue weighted by Gasteiger charge is 2.10. The van der Waals surface area contributed by atoms with Crippen LogP contribution in [0.1, 0.15) is 16.7 Å². The van der Waals surface area contributed by atoms with Crippen LogP contribution in [0.5, 0.6) is 11.5 Å². The summed E-state index contributed by atoms with van der Waals surface area (Å²) in [4.78, 5) is 3.32. The minimum atomic E-state index is -0.371. The molecule has 0 heterocycles. The molecule has 0 saturated carbocycles. The molecule has 27 heavy (non-hydrogen) atoms. The number of nitrogens with zero attached hydrogens (tertiary/aromatic N) is 2. The maximum atomic E-state index is 14.7. The number of benzene rings is 3. The first-order chi connectivity index (χ1) is 13.2. The molecule has 132 valence electrons. The summed E-state index contributed by atoms with van der Waals surface area (Å²) in [6.45, 7) is 7.08. The van der Waals surface area contributed by atoms with Gasteiger partial charge in [-0.3, -0.25) is 0 Å². The molecule has 0 bridgehead atoms. The van der Waals surface area contributed by atoms with Crippen molar-refractivity contribution in [1.29, 1.82) is 5.26 Å². The molecule has 0 saturated heterocycles. The Morgan fingerprint density at radius 2 is 1.37 bits per heavy atom. The number of hydrogen-bond donors (Lipinski definition) is 0. The maximum absolute atomic E-state index is 14.7. The van der Waals surface area contributed by atoms with Gasteiger partial charge in [-0.05, 0) is 36.4 Å². The van der Waals surface area contributed by atoms with Crippen molar-refractivity contribution in [3.63, 3.8) is 0 Å². The molecule has 0 aliphatic heterocycles. The average Bonchev–Trinajstić information content (AvgIpc) is 2.73. The van der Waals surface area contributed by atoms with Crippen LogP contribution in [0.2, 0.25) is 0 Å². The second-order valence-corrected chi connectivity index (χ2v) is 5.71. The fourth-order valence-electron chi connectivity index (χ4n) is 2.42. The SMILES string of the molecule is [C-]#[N+]c1ccc(OCc2cccc(COc3ccc(C#N)cc3)c2F)cc1. The molecule has 5 heteroatoms. The molecule has 0 aromatic heterocycles. The molecular formula is C22H15FN2O2. The summed E-state index contributed by atoms with van der Waals surface area (Å²) < 4.78 is 25.9. The van der Waals surface area contributed by atoms with Crippen molar-refractivity contribution in [3.05, 3.63) is 101 Å². The van der Waals surface area contributed by atoms with Gasteiger partial charge in [0.15, 0.2) is 5.69 Å². The molecule has 0 spiro atoms. The summed E-state index contributed by atoms with van der Waals surface area (Å²) in [5.41, 5.74) is 1.90. The quantitative estimate of drug-likeness (QED) is 0.554. The molecule has 0 atom stereocenters. The second kappa shape index (κ2) is 8.51. The Morgan fingerprint density at radius 3 is 1.85 bits per heavy atom. The van der Waals surface area contributed by atoms with E-state index in [-0.39, 0.29) is 19.0 Å². The van der Waals surface area contributed by atoms with E-state index in [1.807, 2.05) is 6.07 Å². The minimum Gasteiger partial charge on any atom is -0.489 e. The van der Waals surface area contributed by atoms with Gasteiger partial charge in [-0.1, -0.05) is 30.3 Å². The third-order valence-corrected chi connectivity index (χ3v) is 3.90. The highest BCUT2D eigenvalue weighted by molar-refractivity contribution is 5.47. The Bertz CT molecular complexity index is 921. The predicted molar refractivity (Wildman–Crippen MR) is 98.9 cm³/mol. The Labute approximate surface area is 156 Å². The molecule has 3 aromatic carbocycles. The van der Waals surface area contributed by atoms with Crippen LogP contribution in [-0.2, 0) is 13.2 Å². The van der Waals surface area contributed by atoms with Crippen molar-refractivity contribution in [3.8, 4) is 17.6 Å². The zero-order chi connectivity index (χ0) is 19.1. The van der Waals surface area contributed by atoms with E-state index in [0.29, 0.717) is 33.9 Å². The summed E-state index contributed by atoms with van der Waals surface area (Å²) in [5, 5.41) is 8.80. The average molecular weight is 358 g/mol. The monoisotopic (exact) mass is 358 g/mol. The Hall–Kier alpha value is -3.83. The summed E-state index contributed by atoms with van der Waals surface area (Å²) in [6, 6.07) is 20.4. The number of nitriles is 1. The number of hydrogen-bond acceptors (Lipinski definition) is 3. The van der Waals surface area contributed by atoms with E-state index in [2.05, 4.69) is 4.85 Å². The number of ether oxygens (including phenoxy) is 2. The lowest BCUT2D eigenvalue weighted by Gasteiger charge is -2.11. The van der Waals surface area contributed by atoms with Crippen LogP contribution in [0.25, 0.3) is 4.85 Å². The van der Waals surface area contributed by atoms with E-state index in [1.165, 1.54) is 0 Å². The van der Waals surface area contributed by atoms with Gasteiger partial charge in [0.1, 0.15) is 30.5 Å². The molecule has 0 fully saturated rings. The summed E-state index contributed by atoms with van der Waals surface area (Å²) in [7, 11) is 0. The molecule has 0 N–H and O–H groups in total. The Kier molecular flexibility index (Phi) is 5.67. The predicted octanol–water partition coefficient (Wildman–Crippen LogP) is 5.41.